The molecular weight excluding hydrogens is 348 g/mol. The van der Waals surface area contributed by atoms with E-state index in [2.05, 4.69) is 10.2 Å². The van der Waals surface area contributed by atoms with Crippen LogP contribution in [0.15, 0.2) is 48.5 Å². The van der Waals surface area contributed by atoms with Crippen molar-refractivity contribution in [3.8, 4) is 0 Å². The molecule has 1 amide bonds. The first-order valence-electron chi connectivity index (χ1n) is 9.35. The van der Waals surface area contributed by atoms with Gasteiger partial charge in [-0.15, -0.1) is 0 Å². The van der Waals surface area contributed by atoms with Crippen LogP contribution in [0.1, 0.15) is 12.0 Å². The summed E-state index contributed by atoms with van der Waals surface area (Å²) >= 11 is 0. The first kappa shape index (κ1) is 19.3. The molecule has 27 heavy (non-hydrogen) atoms. The van der Waals surface area contributed by atoms with Crippen molar-refractivity contribution >= 4 is 11.6 Å². The van der Waals surface area contributed by atoms with Gasteiger partial charge in [-0.2, -0.15) is 0 Å². The summed E-state index contributed by atoms with van der Waals surface area (Å²) in [6.45, 7) is 4.21. The molecule has 1 N–H and O–H groups in total. The predicted octanol–water partition coefficient (Wildman–Crippen LogP) is 2.84. The van der Waals surface area contributed by atoms with Gasteiger partial charge in [0.05, 0.1) is 5.69 Å². The van der Waals surface area contributed by atoms with E-state index in [4.69, 9.17) is 0 Å². The van der Waals surface area contributed by atoms with Gasteiger partial charge >= 0.3 is 0 Å². The smallest absolute Gasteiger partial charge is 0.221 e. The van der Waals surface area contributed by atoms with Crippen LogP contribution >= 0.6 is 0 Å². The molecule has 2 aromatic rings. The Balaban J connectivity index is 1.34. The largest absolute Gasteiger partial charge is 0.367 e. The summed E-state index contributed by atoms with van der Waals surface area (Å²) in [5, 5.41) is 2.85. The maximum atomic E-state index is 13.9. The number of amides is 1. The van der Waals surface area contributed by atoms with Gasteiger partial charge < -0.3 is 10.2 Å². The summed E-state index contributed by atoms with van der Waals surface area (Å²) in [5.41, 5.74) is 1.25. The van der Waals surface area contributed by atoms with E-state index >= 15 is 0 Å². The number of hydrogen-bond acceptors (Lipinski definition) is 3. The van der Waals surface area contributed by atoms with Crippen LogP contribution in [-0.2, 0) is 11.2 Å². The Hall–Kier alpha value is -2.47. The van der Waals surface area contributed by atoms with Crippen LogP contribution in [0.5, 0.6) is 0 Å². The zero-order valence-electron chi connectivity index (χ0n) is 15.3. The van der Waals surface area contributed by atoms with Gasteiger partial charge in [0.1, 0.15) is 11.6 Å². The molecule has 0 aromatic heterocycles. The first-order chi connectivity index (χ1) is 13.1. The summed E-state index contributed by atoms with van der Waals surface area (Å²) < 4.78 is 27.4. The van der Waals surface area contributed by atoms with Crippen LogP contribution in [0.25, 0.3) is 0 Å². The van der Waals surface area contributed by atoms with E-state index in [-0.39, 0.29) is 17.5 Å². The van der Waals surface area contributed by atoms with Crippen molar-refractivity contribution in [3.63, 3.8) is 0 Å². The van der Waals surface area contributed by atoms with Gasteiger partial charge in [-0.05, 0) is 30.2 Å². The van der Waals surface area contributed by atoms with E-state index < -0.39 is 0 Å². The van der Waals surface area contributed by atoms with Gasteiger partial charge in [-0.3, -0.25) is 9.69 Å². The molecule has 1 aliphatic rings. The lowest BCUT2D eigenvalue weighted by Crippen LogP contribution is -2.47. The number of para-hydroxylation sites is 1. The van der Waals surface area contributed by atoms with Crippen LogP contribution in [0.3, 0.4) is 0 Å². The number of rotatable bonds is 7. The van der Waals surface area contributed by atoms with Crippen molar-refractivity contribution in [2.75, 3.05) is 44.2 Å². The summed E-state index contributed by atoms with van der Waals surface area (Å²) in [6.07, 6.45) is 0.900. The summed E-state index contributed by atoms with van der Waals surface area (Å²) in [7, 11) is 0. The van der Waals surface area contributed by atoms with Gasteiger partial charge in [0.25, 0.3) is 0 Å². The molecule has 4 nitrogen and oxygen atoms in total. The van der Waals surface area contributed by atoms with Gasteiger partial charge in [0, 0.05) is 45.7 Å². The third kappa shape index (κ3) is 5.50. The first-order valence-corrected chi connectivity index (χ1v) is 9.35. The average molecular weight is 373 g/mol. The molecule has 0 spiro atoms. The molecule has 2 aromatic carbocycles. The molecule has 0 aliphatic carbocycles. The molecule has 0 atom stereocenters. The highest BCUT2D eigenvalue weighted by molar-refractivity contribution is 5.76. The fourth-order valence-corrected chi connectivity index (χ4v) is 3.31. The van der Waals surface area contributed by atoms with Gasteiger partial charge in [-0.1, -0.05) is 30.3 Å². The molecule has 3 rings (SSSR count). The van der Waals surface area contributed by atoms with Crippen LogP contribution in [-0.4, -0.2) is 50.1 Å². The highest BCUT2D eigenvalue weighted by atomic mass is 19.1. The van der Waals surface area contributed by atoms with Crippen LogP contribution in [0, 0.1) is 11.6 Å². The Kier molecular flexibility index (Phi) is 6.76. The second-order valence-electron chi connectivity index (χ2n) is 6.72. The second-order valence-corrected chi connectivity index (χ2v) is 6.72. The molecule has 1 heterocycles. The zero-order chi connectivity index (χ0) is 19.1. The number of carbonyl (C=O) groups excluding carboxylic acids is 1. The minimum absolute atomic E-state index is 0.0251. The van der Waals surface area contributed by atoms with E-state index in [0.717, 1.165) is 26.2 Å². The number of anilines is 1. The lowest BCUT2D eigenvalue weighted by molar-refractivity contribution is -0.121. The highest BCUT2D eigenvalue weighted by Gasteiger charge is 2.19. The third-order valence-corrected chi connectivity index (χ3v) is 4.89. The number of piperazine rings is 1. The van der Waals surface area contributed by atoms with Crippen molar-refractivity contribution in [1.29, 1.82) is 0 Å². The second kappa shape index (κ2) is 9.46. The van der Waals surface area contributed by atoms with Gasteiger partial charge in [0.2, 0.25) is 5.91 Å². The standard InChI is InChI=1S/C21H25F2N3O/c22-18-6-2-1-5-17(18)9-11-24-21(27)10-12-25-13-15-26(16-14-25)20-8-4-3-7-19(20)23/h1-8H,9-16H2,(H,24,27). The molecule has 6 heteroatoms. The van der Waals surface area contributed by atoms with E-state index in [1.807, 2.05) is 11.0 Å². The maximum Gasteiger partial charge on any atom is 0.221 e. The number of halogens is 2. The number of carbonyl (C=O) groups is 1. The number of benzene rings is 2. The number of hydrogen-bond donors (Lipinski definition) is 1. The number of nitrogens with zero attached hydrogens (tertiary/aromatic N) is 2. The van der Waals surface area contributed by atoms with Crippen molar-refractivity contribution < 1.29 is 13.6 Å². The van der Waals surface area contributed by atoms with E-state index in [9.17, 15) is 13.6 Å². The van der Waals surface area contributed by atoms with E-state index in [1.165, 1.54) is 12.1 Å². The minimum atomic E-state index is -0.237. The van der Waals surface area contributed by atoms with Crippen molar-refractivity contribution in [2.24, 2.45) is 0 Å². The molecule has 0 unspecified atom stereocenters. The lowest BCUT2D eigenvalue weighted by atomic mass is 10.1. The van der Waals surface area contributed by atoms with E-state index in [0.29, 0.717) is 37.2 Å². The molecular formula is C21H25F2N3O. The molecule has 0 bridgehead atoms. The van der Waals surface area contributed by atoms with Gasteiger partial charge in [-0.25, -0.2) is 8.78 Å². The Morgan fingerprint density at radius 1 is 0.926 bits per heavy atom. The highest BCUT2D eigenvalue weighted by Crippen LogP contribution is 2.20. The Morgan fingerprint density at radius 3 is 2.30 bits per heavy atom. The predicted molar refractivity (Wildman–Crippen MR) is 103 cm³/mol. The normalized spacial score (nSPS) is 15.0. The molecule has 1 fully saturated rings. The Bertz CT molecular complexity index is 761. The molecule has 1 saturated heterocycles. The lowest BCUT2D eigenvalue weighted by Gasteiger charge is -2.36. The molecule has 1 aliphatic heterocycles. The topological polar surface area (TPSA) is 35.6 Å². The maximum absolute atomic E-state index is 13.9. The Morgan fingerprint density at radius 2 is 1.59 bits per heavy atom. The number of nitrogens with one attached hydrogen (secondary N) is 1. The summed E-state index contributed by atoms with van der Waals surface area (Å²) in [5.74, 6) is -0.456. The minimum Gasteiger partial charge on any atom is -0.367 e. The van der Waals surface area contributed by atoms with Gasteiger partial charge in [0.15, 0.2) is 0 Å². The fourth-order valence-electron chi connectivity index (χ4n) is 3.31. The molecule has 0 radical (unpaired) electrons. The molecule has 0 saturated carbocycles. The monoisotopic (exact) mass is 373 g/mol. The molecule has 144 valence electrons. The SMILES string of the molecule is O=C(CCN1CCN(c2ccccc2F)CC1)NCCc1ccccc1F. The third-order valence-electron chi connectivity index (χ3n) is 4.89. The van der Waals surface area contributed by atoms with Crippen LogP contribution in [0.4, 0.5) is 14.5 Å². The van der Waals surface area contributed by atoms with Crippen molar-refractivity contribution in [2.45, 2.75) is 12.8 Å². The Labute approximate surface area is 158 Å². The van der Waals surface area contributed by atoms with E-state index in [1.54, 1.807) is 30.3 Å². The van der Waals surface area contributed by atoms with Crippen molar-refractivity contribution in [3.05, 3.63) is 65.7 Å². The average Bonchev–Trinajstić information content (AvgIpc) is 2.69. The zero-order valence-corrected chi connectivity index (χ0v) is 15.3. The summed E-state index contributed by atoms with van der Waals surface area (Å²) in [6, 6.07) is 13.4. The van der Waals surface area contributed by atoms with Crippen LogP contribution < -0.4 is 10.2 Å². The van der Waals surface area contributed by atoms with Crippen LogP contribution in [0.2, 0.25) is 0 Å². The quantitative estimate of drug-likeness (QED) is 0.811. The fraction of sp³-hybridized carbons (Fsp3) is 0.381. The van der Waals surface area contributed by atoms with Crippen molar-refractivity contribution in [1.82, 2.24) is 10.2 Å². The summed E-state index contributed by atoms with van der Waals surface area (Å²) in [4.78, 5) is 16.3.